The average molecular weight is 577 g/mol. The van der Waals surface area contributed by atoms with E-state index in [0.29, 0.717) is 6.54 Å². The number of aliphatic imine (C=N–C) groups is 1. The topological polar surface area (TPSA) is 80.0 Å². The van der Waals surface area contributed by atoms with Crippen molar-refractivity contribution in [3.05, 3.63) is 66.1 Å². The number of nitrogens with zero attached hydrogens (tertiary/aromatic N) is 6. The van der Waals surface area contributed by atoms with Gasteiger partial charge in [-0.3, -0.25) is 9.89 Å². The second kappa shape index (κ2) is 12.6. The summed E-state index contributed by atoms with van der Waals surface area (Å²) in [5, 5.41) is 7.74. The predicted octanol–water partition coefficient (Wildman–Crippen LogP) is 2.80. The first-order chi connectivity index (χ1) is 16.2. The molecule has 0 unspecified atom stereocenters. The van der Waals surface area contributed by atoms with Crippen LogP contribution < -0.4 is 14.8 Å². The van der Waals surface area contributed by atoms with Crippen LogP contribution in [0.2, 0.25) is 0 Å². The van der Waals surface area contributed by atoms with Crippen molar-refractivity contribution in [3.63, 3.8) is 0 Å². The largest absolute Gasteiger partial charge is 0.497 e. The highest BCUT2D eigenvalue weighted by atomic mass is 127. The smallest absolute Gasteiger partial charge is 0.194 e. The second-order valence-electron chi connectivity index (χ2n) is 7.81. The molecule has 3 heterocycles. The van der Waals surface area contributed by atoms with Gasteiger partial charge in [0.2, 0.25) is 0 Å². The van der Waals surface area contributed by atoms with E-state index in [1.807, 2.05) is 49.8 Å². The number of piperazine rings is 1. The zero-order valence-electron chi connectivity index (χ0n) is 19.8. The number of guanidine groups is 1. The number of rotatable bonds is 7. The summed E-state index contributed by atoms with van der Waals surface area (Å²) in [7, 11) is 5.23. The summed E-state index contributed by atoms with van der Waals surface area (Å²) in [6.07, 6.45) is 5.44. The molecule has 1 aromatic carbocycles. The Morgan fingerprint density at radius 1 is 1.06 bits per heavy atom. The fourth-order valence-corrected chi connectivity index (χ4v) is 3.98. The van der Waals surface area contributed by atoms with E-state index < -0.39 is 0 Å². The van der Waals surface area contributed by atoms with Gasteiger partial charge in [-0.25, -0.2) is 9.67 Å². The molecule has 1 aliphatic heterocycles. The SMILES string of the molecule is CN=C(NCc1ccnc(-n2cccn2)c1)N1CCN(Cc2cc(OC)ccc2OC)CC1.I. The molecule has 9 nitrogen and oxygen atoms in total. The van der Waals surface area contributed by atoms with E-state index in [1.165, 1.54) is 0 Å². The predicted molar refractivity (Wildman–Crippen MR) is 143 cm³/mol. The lowest BCUT2D eigenvalue weighted by Crippen LogP contribution is -2.52. The summed E-state index contributed by atoms with van der Waals surface area (Å²) in [4.78, 5) is 13.6. The van der Waals surface area contributed by atoms with Gasteiger partial charge in [-0.05, 0) is 42.0 Å². The van der Waals surface area contributed by atoms with Gasteiger partial charge in [0.15, 0.2) is 11.8 Å². The molecule has 2 aromatic heterocycles. The van der Waals surface area contributed by atoms with Gasteiger partial charge >= 0.3 is 0 Å². The number of benzene rings is 1. The molecule has 0 saturated carbocycles. The highest BCUT2D eigenvalue weighted by Crippen LogP contribution is 2.25. The molecule has 4 rings (SSSR count). The van der Waals surface area contributed by atoms with Gasteiger partial charge in [-0.15, -0.1) is 24.0 Å². The summed E-state index contributed by atoms with van der Waals surface area (Å²) in [5.74, 6) is 3.45. The molecule has 1 saturated heterocycles. The van der Waals surface area contributed by atoms with Crippen molar-refractivity contribution in [3.8, 4) is 17.3 Å². The zero-order valence-corrected chi connectivity index (χ0v) is 22.2. The van der Waals surface area contributed by atoms with Crippen molar-refractivity contribution in [1.29, 1.82) is 0 Å². The van der Waals surface area contributed by atoms with Crippen molar-refractivity contribution >= 4 is 29.9 Å². The Morgan fingerprint density at radius 3 is 2.56 bits per heavy atom. The number of nitrogens with one attached hydrogen (secondary N) is 1. The molecule has 182 valence electrons. The molecular weight excluding hydrogens is 545 g/mol. The number of hydrogen-bond donors (Lipinski definition) is 1. The van der Waals surface area contributed by atoms with Crippen molar-refractivity contribution < 1.29 is 9.47 Å². The Bertz CT molecular complexity index is 1070. The summed E-state index contributed by atoms with van der Waals surface area (Å²) in [6, 6.07) is 11.9. The van der Waals surface area contributed by atoms with E-state index in [4.69, 9.17) is 9.47 Å². The first-order valence-corrected chi connectivity index (χ1v) is 11.0. The fraction of sp³-hybridized carbons (Fsp3) is 0.375. The van der Waals surface area contributed by atoms with Crippen LogP contribution in [0.1, 0.15) is 11.1 Å². The van der Waals surface area contributed by atoms with Crippen LogP contribution in [-0.2, 0) is 13.1 Å². The van der Waals surface area contributed by atoms with E-state index >= 15 is 0 Å². The van der Waals surface area contributed by atoms with Crippen molar-refractivity contribution in [2.75, 3.05) is 47.4 Å². The van der Waals surface area contributed by atoms with Crippen molar-refractivity contribution in [2.24, 2.45) is 4.99 Å². The van der Waals surface area contributed by atoms with Crippen LogP contribution in [0.3, 0.4) is 0 Å². The van der Waals surface area contributed by atoms with E-state index in [0.717, 1.165) is 67.1 Å². The van der Waals surface area contributed by atoms with Crippen LogP contribution in [0.4, 0.5) is 0 Å². The molecule has 0 radical (unpaired) electrons. The summed E-state index contributed by atoms with van der Waals surface area (Å²) < 4.78 is 12.7. The lowest BCUT2D eigenvalue weighted by molar-refractivity contribution is 0.171. The number of methoxy groups -OCH3 is 2. The molecule has 0 aliphatic carbocycles. The molecule has 3 aromatic rings. The highest BCUT2D eigenvalue weighted by Gasteiger charge is 2.21. The van der Waals surface area contributed by atoms with Gasteiger partial charge in [-0.1, -0.05) is 0 Å². The van der Waals surface area contributed by atoms with Gasteiger partial charge in [0.25, 0.3) is 0 Å². The summed E-state index contributed by atoms with van der Waals surface area (Å²) in [6.45, 7) is 5.19. The minimum Gasteiger partial charge on any atom is -0.497 e. The van der Waals surface area contributed by atoms with E-state index in [2.05, 4.69) is 36.3 Å². The molecular formula is C24H32IN7O2. The monoisotopic (exact) mass is 577 g/mol. The first-order valence-electron chi connectivity index (χ1n) is 11.0. The molecule has 10 heteroatoms. The van der Waals surface area contributed by atoms with E-state index in [9.17, 15) is 0 Å². The van der Waals surface area contributed by atoms with Gasteiger partial charge in [0, 0.05) is 70.5 Å². The van der Waals surface area contributed by atoms with E-state index in [1.54, 1.807) is 25.1 Å². The standard InChI is InChI=1S/C24H31N7O2.HI/c1-25-24(27-17-19-7-9-26-23(15-19)31-10-4-8-28-31)30-13-11-29(12-14-30)18-20-16-21(32-2)5-6-22(20)33-3;/h4-10,15-16H,11-14,17-18H2,1-3H3,(H,25,27);1H. The summed E-state index contributed by atoms with van der Waals surface area (Å²) >= 11 is 0. The number of pyridine rings is 1. The van der Waals surface area contributed by atoms with Crippen molar-refractivity contribution in [2.45, 2.75) is 13.1 Å². The van der Waals surface area contributed by atoms with Crippen LogP contribution in [0, 0.1) is 0 Å². The average Bonchev–Trinajstić information content (AvgIpc) is 3.41. The van der Waals surface area contributed by atoms with Crippen LogP contribution >= 0.6 is 24.0 Å². The molecule has 1 fully saturated rings. The number of halogens is 1. The molecule has 0 spiro atoms. The molecule has 0 amide bonds. The maximum absolute atomic E-state index is 5.54. The molecule has 1 aliphatic rings. The maximum atomic E-state index is 5.54. The highest BCUT2D eigenvalue weighted by molar-refractivity contribution is 14.0. The maximum Gasteiger partial charge on any atom is 0.194 e. The fourth-order valence-electron chi connectivity index (χ4n) is 3.98. The van der Waals surface area contributed by atoms with Gasteiger partial charge in [0.05, 0.1) is 14.2 Å². The van der Waals surface area contributed by atoms with Crippen molar-refractivity contribution in [1.82, 2.24) is 29.9 Å². The Hall–Kier alpha value is -2.86. The zero-order chi connectivity index (χ0) is 23.0. The number of ether oxygens (including phenoxy) is 2. The quantitative estimate of drug-likeness (QED) is 0.263. The first kappa shape index (κ1) is 25.8. The van der Waals surface area contributed by atoms with Crippen LogP contribution in [0.25, 0.3) is 5.82 Å². The lowest BCUT2D eigenvalue weighted by atomic mass is 10.1. The number of hydrogen-bond acceptors (Lipinski definition) is 6. The minimum atomic E-state index is 0. The normalized spacial score (nSPS) is 14.4. The van der Waals surface area contributed by atoms with Crippen LogP contribution in [-0.4, -0.2) is 78.0 Å². The molecule has 1 N–H and O–H groups in total. The Labute approximate surface area is 217 Å². The Morgan fingerprint density at radius 2 is 1.88 bits per heavy atom. The molecule has 0 atom stereocenters. The third kappa shape index (κ3) is 6.38. The summed E-state index contributed by atoms with van der Waals surface area (Å²) in [5.41, 5.74) is 2.26. The molecule has 34 heavy (non-hydrogen) atoms. The Balaban J connectivity index is 0.00000324. The number of aromatic nitrogens is 3. The third-order valence-corrected chi connectivity index (χ3v) is 5.76. The van der Waals surface area contributed by atoms with Crippen LogP contribution in [0.15, 0.2) is 60.0 Å². The van der Waals surface area contributed by atoms with E-state index in [-0.39, 0.29) is 24.0 Å². The van der Waals surface area contributed by atoms with Gasteiger partial charge in [0.1, 0.15) is 11.5 Å². The van der Waals surface area contributed by atoms with Gasteiger partial charge < -0.3 is 19.7 Å². The minimum absolute atomic E-state index is 0. The Kier molecular flexibility index (Phi) is 9.52. The third-order valence-electron chi connectivity index (χ3n) is 5.76. The lowest BCUT2D eigenvalue weighted by Gasteiger charge is -2.36. The second-order valence-corrected chi connectivity index (χ2v) is 7.81. The van der Waals surface area contributed by atoms with Gasteiger partial charge in [-0.2, -0.15) is 5.10 Å². The van der Waals surface area contributed by atoms with Crippen LogP contribution in [0.5, 0.6) is 11.5 Å². The molecule has 0 bridgehead atoms.